The number of sulfonamides is 1. The number of rotatable bonds is 7. The summed E-state index contributed by atoms with van der Waals surface area (Å²) in [5.41, 5.74) is 3.15. The number of hydrogen-bond donors (Lipinski definition) is 3. The zero-order valence-electron chi connectivity index (χ0n) is 26.8. The van der Waals surface area contributed by atoms with Gasteiger partial charge in [0.15, 0.2) is 5.88 Å². The van der Waals surface area contributed by atoms with Gasteiger partial charge >= 0.3 is 0 Å². The fourth-order valence-corrected chi connectivity index (χ4v) is 7.40. The number of H-pyrrole nitrogens is 1. The van der Waals surface area contributed by atoms with Gasteiger partial charge in [0.1, 0.15) is 0 Å². The second kappa shape index (κ2) is 13.0. The molecule has 6 rings (SSSR count). The Labute approximate surface area is 278 Å². The van der Waals surface area contributed by atoms with E-state index in [4.69, 9.17) is 4.99 Å². The number of nitrogens with zero attached hydrogens (tertiary/aromatic N) is 4. The van der Waals surface area contributed by atoms with Crippen LogP contribution in [0.3, 0.4) is 0 Å². The molecule has 48 heavy (non-hydrogen) atoms. The minimum absolute atomic E-state index is 0.0814. The summed E-state index contributed by atoms with van der Waals surface area (Å²) in [4.78, 5) is 24.4. The molecule has 2 aliphatic rings. The molecule has 0 unspecified atom stereocenters. The Morgan fingerprint density at radius 3 is 2.31 bits per heavy atom. The molecule has 0 saturated carbocycles. The third kappa shape index (κ3) is 6.92. The van der Waals surface area contributed by atoms with Gasteiger partial charge in [-0.1, -0.05) is 36.3 Å². The number of aromatic hydroxyl groups is 1. The smallest absolute Gasteiger partial charge is 0.296 e. The molecule has 2 fully saturated rings. The first-order valence-corrected chi connectivity index (χ1v) is 17.0. The van der Waals surface area contributed by atoms with Crippen molar-refractivity contribution in [3.05, 3.63) is 83.4 Å². The van der Waals surface area contributed by atoms with Crippen molar-refractivity contribution in [3.63, 3.8) is 0 Å². The van der Waals surface area contributed by atoms with Crippen LogP contribution in [-0.4, -0.2) is 97.6 Å². The van der Waals surface area contributed by atoms with E-state index >= 15 is 0 Å². The lowest BCUT2D eigenvalue weighted by Gasteiger charge is -2.37. The number of alkyl halides is 2. The van der Waals surface area contributed by atoms with Gasteiger partial charge in [-0.25, -0.2) is 22.2 Å². The summed E-state index contributed by atoms with van der Waals surface area (Å²) in [6.45, 7) is 5.31. The number of piperazine rings is 1. The van der Waals surface area contributed by atoms with Crippen LogP contribution >= 0.6 is 0 Å². The van der Waals surface area contributed by atoms with Gasteiger partial charge in [-0.3, -0.25) is 4.79 Å². The number of aromatic nitrogens is 1. The molecule has 13 heteroatoms. The number of anilines is 1. The van der Waals surface area contributed by atoms with Crippen molar-refractivity contribution in [2.45, 2.75) is 30.7 Å². The Kier molecular flexibility index (Phi) is 9.00. The summed E-state index contributed by atoms with van der Waals surface area (Å²) in [5.74, 6) is 0.954. The van der Waals surface area contributed by atoms with E-state index in [0.29, 0.717) is 26.8 Å². The third-order valence-electron chi connectivity index (χ3n) is 8.29. The first-order valence-electron chi connectivity index (χ1n) is 15.6. The van der Waals surface area contributed by atoms with Gasteiger partial charge < -0.3 is 25.2 Å². The van der Waals surface area contributed by atoms with Gasteiger partial charge in [0, 0.05) is 60.3 Å². The summed E-state index contributed by atoms with van der Waals surface area (Å²) in [6, 6.07) is 19.4. The molecule has 2 aliphatic heterocycles. The van der Waals surface area contributed by atoms with Crippen LogP contribution in [0, 0.1) is 11.8 Å². The zero-order valence-corrected chi connectivity index (χ0v) is 27.6. The van der Waals surface area contributed by atoms with Crippen LogP contribution in [0.25, 0.3) is 10.9 Å². The molecule has 1 aromatic heterocycles. The lowest BCUT2D eigenvalue weighted by atomic mass is 10.00. The standard InChI is InChI=1S/C35H36F2N6O4S/c1-23(2)38-31(44)14-9-25-19-29-28(20-30(25)48(46,47)43-21-35(36,37)22-43)32(34(45)40-29)33(24-7-5-4-6-8-24)39-26-10-12-27(13-11-26)42-17-15-41(3)16-18-42/h4-8,10-13,19-20,23,40,45H,15-18,21-22H2,1-3H3,(H,38,44). The van der Waals surface area contributed by atoms with E-state index in [1.165, 1.54) is 12.1 Å². The second-order valence-electron chi connectivity index (χ2n) is 12.4. The molecule has 0 radical (unpaired) electrons. The van der Waals surface area contributed by atoms with Crippen LogP contribution in [0.15, 0.2) is 76.6 Å². The Balaban J connectivity index is 1.48. The number of nitrogens with one attached hydrogen (secondary N) is 2. The summed E-state index contributed by atoms with van der Waals surface area (Å²) in [7, 11) is -2.37. The van der Waals surface area contributed by atoms with Gasteiger partial charge in [-0.15, -0.1) is 0 Å². The first-order chi connectivity index (χ1) is 22.8. The third-order valence-corrected chi connectivity index (χ3v) is 10.1. The zero-order chi connectivity index (χ0) is 34.2. The summed E-state index contributed by atoms with van der Waals surface area (Å²) in [5, 5.41) is 14.2. The van der Waals surface area contributed by atoms with Crippen LogP contribution in [0.4, 0.5) is 20.2 Å². The van der Waals surface area contributed by atoms with Gasteiger partial charge in [-0.05, 0) is 57.3 Å². The van der Waals surface area contributed by atoms with Gasteiger partial charge in [0.25, 0.3) is 11.8 Å². The van der Waals surface area contributed by atoms with Gasteiger partial charge in [-0.2, -0.15) is 4.31 Å². The fraction of sp³-hybridized carbons (Fsp3) is 0.314. The summed E-state index contributed by atoms with van der Waals surface area (Å²) in [6.07, 6.45) is 0. The predicted octanol–water partition coefficient (Wildman–Crippen LogP) is 4.31. The van der Waals surface area contributed by atoms with E-state index in [0.717, 1.165) is 31.9 Å². The van der Waals surface area contributed by atoms with Crippen LogP contribution in [0.5, 0.6) is 5.88 Å². The number of likely N-dealkylation sites (N-methyl/N-ethyl adjacent to an activating group) is 1. The number of fused-ring (bicyclic) bond motifs is 1. The van der Waals surface area contributed by atoms with Crippen molar-refractivity contribution >= 4 is 43.9 Å². The molecule has 1 amide bonds. The average molecular weight is 675 g/mol. The van der Waals surface area contributed by atoms with Crippen LogP contribution in [0.2, 0.25) is 0 Å². The number of halogens is 2. The van der Waals surface area contributed by atoms with E-state index in [-0.39, 0.29) is 33.3 Å². The molecule has 250 valence electrons. The van der Waals surface area contributed by atoms with Crippen molar-refractivity contribution in [1.82, 2.24) is 19.5 Å². The highest BCUT2D eigenvalue weighted by molar-refractivity contribution is 7.89. The topological polar surface area (TPSA) is 121 Å². The predicted molar refractivity (Wildman–Crippen MR) is 182 cm³/mol. The highest BCUT2D eigenvalue weighted by Crippen LogP contribution is 2.38. The van der Waals surface area contributed by atoms with E-state index in [1.54, 1.807) is 13.8 Å². The SMILES string of the molecule is CC(C)NC(=O)C#Cc1cc2[nH]c(O)c(C(=Nc3ccc(N4CCN(C)CC4)cc3)c3ccccc3)c2cc1S(=O)(=O)N1CC(F)(F)C1. The molecule has 3 N–H and O–H groups in total. The Hall–Kier alpha value is -4.77. The quantitative estimate of drug-likeness (QED) is 0.199. The van der Waals surface area contributed by atoms with Crippen molar-refractivity contribution in [2.75, 3.05) is 51.2 Å². The summed E-state index contributed by atoms with van der Waals surface area (Å²) >= 11 is 0. The van der Waals surface area contributed by atoms with Crippen molar-refractivity contribution in [1.29, 1.82) is 0 Å². The molecule has 0 atom stereocenters. The minimum Gasteiger partial charge on any atom is -0.494 e. The molecular formula is C35H36F2N6O4S. The van der Waals surface area contributed by atoms with Crippen LogP contribution in [-0.2, 0) is 14.8 Å². The van der Waals surface area contributed by atoms with Crippen LogP contribution < -0.4 is 10.2 Å². The van der Waals surface area contributed by atoms with Gasteiger partial charge in [0.05, 0.1) is 40.5 Å². The number of hydrogen-bond acceptors (Lipinski definition) is 7. The van der Waals surface area contributed by atoms with Gasteiger partial charge in [0.2, 0.25) is 10.0 Å². The summed E-state index contributed by atoms with van der Waals surface area (Å²) < 4.78 is 55.8. The first kappa shape index (κ1) is 33.1. The molecule has 0 aliphatic carbocycles. The number of aromatic amines is 1. The molecule has 3 aromatic carbocycles. The Morgan fingerprint density at radius 1 is 1.02 bits per heavy atom. The molecule has 3 heterocycles. The Bertz CT molecular complexity index is 2040. The number of amides is 1. The van der Waals surface area contributed by atoms with Crippen molar-refractivity contribution in [2.24, 2.45) is 4.99 Å². The lowest BCUT2D eigenvalue weighted by molar-refractivity contribution is -0.116. The highest BCUT2D eigenvalue weighted by Gasteiger charge is 2.50. The monoisotopic (exact) mass is 674 g/mol. The fourth-order valence-electron chi connectivity index (χ4n) is 5.75. The van der Waals surface area contributed by atoms with Crippen molar-refractivity contribution in [3.8, 4) is 17.7 Å². The molecular weight excluding hydrogens is 638 g/mol. The number of aliphatic imine (C=N–C) groups is 1. The van der Waals surface area contributed by atoms with E-state index < -0.39 is 34.9 Å². The maximum Gasteiger partial charge on any atom is 0.296 e. The largest absolute Gasteiger partial charge is 0.494 e. The number of carbonyl (C=O) groups is 1. The maximum atomic E-state index is 13.8. The normalized spacial score (nSPS) is 17.2. The molecule has 0 spiro atoms. The minimum atomic E-state index is -4.47. The average Bonchev–Trinajstić information content (AvgIpc) is 3.36. The molecule has 0 bridgehead atoms. The van der Waals surface area contributed by atoms with Crippen LogP contribution in [0.1, 0.15) is 30.5 Å². The number of carbonyl (C=O) groups excluding carboxylic acids is 1. The van der Waals surface area contributed by atoms with E-state index in [1.807, 2.05) is 54.6 Å². The van der Waals surface area contributed by atoms with Crippen molar-refractivity contribution < 1.29 is 27.1 Å². The highest BCUT2D eigenvalue weighted by atomic mass is 32.2. The molecule has 4 aromatic rings. The second-order valence-corrected chi connectivity index (χ2v) is 14.3. The van der Waals surface area contributed by atoms with E-state index in [9.17, 15) is 27.1 Å². The molecule has 2 saturated heterocycles. The number of benzene rings is 3. The lowest BCUT2D eigenvalue weighted by Crippen LogP contribution is -2.58. The maximum absolute atomic E-state index is 13.8. The van der Waals surface area contributed by atoms with E-state index in [2.05, 4.69) is 39.0 Å². The Morgan fingerprint density at radius 2 is 1.69 bits per heavy atom. The molecule has 10 nitrogen and oxygen atoms in total.